The lowest BCUT2D eigenvalue weighted by atomic mass is 10.2. The molecule has 0 atom stereocenters. The molecule has 1 aromatic carbocycles. The second-order valence-corrected chi connectivity index (χ2v) is 6.11. The van der Waals surface area contributed by atoms with Gasteiger partial charge in [-0.1, -0.05) is 12.1 Å². The van der Waals surface area contributed by atoms with Gasteiger partial charge in [-0.15, -0.1) is 0 Å². The lowest BCUT2D eigenvalue weighted by Gasteiger charge is -2.35. The second kappa shape index (κ2) is 6.16. The van der Waals surface area contributed by atoms with E-state index in [-0.39, 0.29) is 5.82 Å². The number of aryl methyl sites for hydroxylation is 1. The van der Waals surface area contributed by atoms with Crippen LogP contribution < -0.4 is 4.90 Å². The number of rotatable bonds is 3. The van der Waals surface area contributed by atoms with Gasteiger partial charge in [0, 0.05) is 32.7 Å². The van der Waals surface area contributed by atoms with Crippen molar-refractivity contribution in [3.63, 3.8) is 0 Å². The van der Waals surface area contributed by atoms with E-state index in [1.165, 1.54) is 12.1 Å². The number of aromatic amines is 1. The van der Waals surface area contributed by atoms with Crippen molar-refractivity contribution in [2.75, 3.05) is 31.1 Å². The van der Waals surface area contributed by atoms with Crippen molar-refractivity contribution in [1.82, 2.24) is 24.8 Å². The first-order valence-electron chi connectivity index (χ1n) is 8.08. The number of benzene rings is 1. The molecule has 0 aliphatic carbocycles. The maximum Gasteiger partial charge on any atom is 0.183 e. The monoisotopic (exact) mass is 326 g/mol. The molecule has 1 aliphatic heterocycles. The summed E-state index contributed by atoms with van der Waals surface area (Å²) in [7, 11) is 0. The van der Waals surface area contributed by atoms with Crippen LogP contribution in [0.15, 0.2) is 30.6 Å². The molecule has 1 aliphatic rings. The number of fused-ring (bicyclic) bond motifs is 1. The van der Waals surface area contributed by atoms with E-state index < -0.39 is 0 Å². The SMILES string of the molecule is Cc1nc2ncnc(N3CCN(Cc4ccc(F)cc4)CC3)c2[nH]1. The van der Waals surface area contributed by atoms with E-state index in [1.54, 1.807) is 6.33 Å². The van der Waals surface area contributed by atoms with Crippen molar-refractivity contribution < 1.29 is 4.39 Å². The third-order valence-electron chi connectivity index (χ3n) is 4.38. The third-order valence-corrected chi connectivity index (χ3v) is 4.38. The molecule has 1 fully saturated rings. The van der Waals surface area contributed by atoms with Crippen LogP contribution in [0.5, 0.6) is 0 Å². The molecule has 0 saturated carbocycles. The Hall–Kier alpha value is -2.54. The first-order valence-corrected chi connectivity index (χ1v) is 8.08. The van der Waals surface area contributed by atoms with Crippen molar-refractivity contribution in [2.24, 2.45) is 0 Å². The van der Waals surface area contributed by atoms with E-state index in [9.17, 15) is 4.39 Å². The van der Waals surface area contributed by atoms with Crippen molar-refractivity contribution >= 4 is 17.0 Å². The van der Waals surface area contributed by atoms with Crippen LogP contribution in [0.25, 0.3) is 11.2 Å². The number of hydrogen-bond acceptors (Lipinski definition) is 5. The Morgan fingerprint density at radius 2 is 1.83 bits per heavy atom. The van der Waals surface area contributed by atoms with Crippen LogP contribution in [0, 0.1) is 12.7 Å². The predicted octanol–water partition coefficient (Wildman–Crippen LogP) is 2.12. The number of aromatic nitrogens is 4. The van der Waals surface area contributed by atoms with Gasteiger partial charge in [-0.2, -0.15) is 0 Å². The fraction of sp³-hybridized carbons (Fsp3) is 0.353. The minimum absolute atomic E-state index is 0.189. The molecule has 24 heavy (non-hydrogen) atoms. The first-order chi connectivity index (χ1) is 11.7. The number of hydrogen-bond donors (Lipinski definition) is 1. The van der Waals surface area contributed by atoms with Crippen LogP contribution in [0.1, 0.15) is 11.4 Å². The van der Waals surface area contributed by atoms with Crippen LogP contribution >= 0.6 is 0 Å². The molecule has 0 spiro atoms. The number of nitrogens with one attached hydrogen (secondary N) is 1. The van der Waals surface area contributed by atoms with Crippen molar-refractivity contribution in [3.05, 3.63) is 47.8 Å². The first kappa shape index (κ1) is 15.0. The summed E-state index contributed by atoms with van der Waals surface area (Å²) in [6.07, 6.45) is 1.57. The van der Waals surface area contributed by atoms with Gasteiger partial charge < -0.3 is 9.88 Å². The summed E-state index contributed by atoms with van der Waals surface area (Å²) in [4.78, 5) is 20.9. The molecule has 0 bridgehead atoms. The quantitative estimate of drug-likeness (QED) is 0.799. The summed E-state index contributed by atoms with van der Waals surface area (Å²) in [5.74, 6) is 1.58. The van der Waals surface area contributed by atoms with Gasteiger partial charge in [0.15, 0.2) is 11.5 Å². The van der Waals surface area contributed by atoms with E-state index >= 15 is 0 Å². The van der Waals surface area contributed by atoms with Gasteiger partial charge in [0.25, 0.3) is 0 Å². The predicted molar refractivity (Wildman–Crippen MR) is 90.3 cm³/mol. The van der Waals surface area contributed by atoms with Crippen molar-refractivity contribution in [2.45, 2.75) is 13.5 Å². The van der Waals surface area contributed by atoms with Crippen LogP contribution in [-0.2, 0) is 6.54 Å². The maximum atomic E-state index is 13.0. The van der Waals surface area contributed by atoms with Crippen LogP contribution in [0.3, 0.4) is 0 Å². The Bertz CT molecular complexity index is 836. The van der Waals surface area contributed by atoms with Gasteiger partial charge in [0.1, 0.15) is 23.5 Å². The Morgan fingerprint density at radius 3 is 2.58 bits per heavy atom. The lowest BCUT2D eigenvalue weighted by Crippen LogP contribution is -2.46. The van der Waals surface area contributed by atoms with Crippen LogP contribution in [0.2, 0.25) is 0 Å². The molecular weight excluding hydrogens is 307 g/mol. The zero-order valence-corrected chi connectivity index (χ0v) is 13.5. The molecule has 3 aromatic rings. The van der Waals surface area contributed by atoms with Crippen molar-refractivity contribution in [3.8, 4) is 0 Å². The Labute approximate surface area is 139 Å². The molecule has 7 heteroatoms. The highest BCUT2D eigenvalue weighted by Crippen LogP contribution is 2.22. The maximum absolute atomic E-state index is 13.0. The van der Waals surface area contributed by atoms with Gasteiger partial charge in [-0.3, -0.25) is 4.90 Å². The smallest absolute Gasteiger partial charge is 0.183 e. The molecule has 0 unspecified atom stereocenters. The molecule has 0 amide bonds. The molecule has 3 heterocycles. The number of imidazole rings is 1. The number of anilines is 1. The zero-order chi connectivity index (χ0) is 16.5. The van der Waals surface area contributed by atoms with E-state index in [2.05, 4.69) is 29.7 Å². The fourth-order valence-corrected chi connectivity index (χ4v) is 3.14. The Balaban J connectivity index is 1.44. The van der Waals surface area contributed by atoms with Gasteiger partial charge in [-0.05, 0) is 24.6 Å². The number of piperazine rings is 1. The topological polar surface area (TPSA) is 60.9 Å². The third kappa shape index (κ3) is 2.94. The average molecular weight is 326 g/mol. The molecule has 124 valence electrons. The van der Waals surface area contributed by atoms with Gasteiger partial charge in [0.2, 0.25) is 0 Å². The van der Waals surface area contributed by atoms with E-state index in [1.807, 2.05) is 19.1 Å². The molecule has 2 aromatic heterocycles. The highest BCUT2D eigenvalue weighted by atomic mass is 19.1. The highest BCUT2D eigenvalue weighted by Gasteiger charge is 2.21. The number of halogens is 1. The fourth-order valence-electron chi connectivity index (χ4n) is 3.14. The normalized spacial score (nSPS) is 16.0. The molecule has 1 saturated heterocycles. The van der Waals surface area contributed by atoms with Crippen LogP contribution in [0.4, 0.5) is 10.2 Å². The standard InChI is InChI=1S/C17H19FN6/c1-12-21-15-16(22-12)19-11-20-17(15)24-8-6-23(7-9-24)10-13-2-4-14(18)5-3-13/h2-5,11H,6-10H2,1H3,(H,19,20,21,22). The Morgan fingerprint density at radius 1 is 1.08 bits per heavy atom. The lowest BCUT2D eigenvalue weighted by molar-refractivity contribution is 0.249. The second-order valence-electron chi connectivity index (χ2n) is 6.11. The summed E-state index contributed by atoms with van der Waals surface area (Å²) in [5, 5.41) is 0. The molecular formula is C17H19FN6. The zero-order valence-electron chi connectivity index (χ0n) is 13.5. The minimum atomic E-state index is -0.189. The number of H-pyrrole nitrogens is 1. The Kier molecular flexibility index (Phi) is 3.86. The van der Waals surface area contributed by atoms with E-state index in [0.29, 0.717) is 5.65 Å². The van der Waals surface area contributed by atoms with Crippen LogP contribution in [-0.4, -0.2) is 51.0 Å². The van der Waals surface area contributed by atoms with Crippen molar-refractivity contribution in [1.29, 1.82) is 0 Å². The summed E-state index contributed by atoms with van der Waals surface area (Å²) in [6, 6.07) is 6.74. The summed E-state index contributed by atoms with van der Waals surface area (Å²) in [5.41, 5.74) is 2.76. The van der Waals surface area contributed by atoms with E-state index in [4.69, 9.17) is 0 Å². The molecule has 6 nitrogen and oxygen atoms in total. The highest BCUT2D eigenvalue weighted by molar-refractivity contribution is 5.83. The number of nitrogens with zero attached hydrogens (tertiary/aromatic N) is 5. The van der Waals surface area contributed by atoms with Gasteiger partial charge in [-0.25, -0.2) is 19.3 Å². The largest absolute Gasteiger partial charge is 0.352 e. The minimum Gasteiger partial charge on any atom is -0.352 e. The van der Waals surface area contributed by atoms with Gasteiger partial charge in [0.05, 0.1) is 0 Å². The molecule has 1 N–H and O–H groups in total. The summed E-state index contributed by atoms with van der Waals surface area (Å²) >= 11 is 0. The molecule has 0 radical (unpaired) electrons. The van der Waals surface area contributed by atoms with Gasteiger partial charge >= 0.3 is 0 Å². The average Bonchev–Trinajstić information content (AvgIpc) is 2.98. The summed E-state index contributed by atoms with van der Waals surface area (Å²) < 4.78 is 13.0. The summed E-state index contributed by atoms with van der Waals surface area (Å²) in [6.45, 7) is 6.44. The van der Waals surface area contributed by atoms with E-state index in [0.717, 1.165) is 55.4 Å². The molecule has 4 rings (SSSR count).